The highest BCUT2D eigenvalue weighted by atomic mass is 16.5. The van der Waals surface area contributed by atoms with Gasteiger partial charge < -0.3 is 20.1 Å². The molecule has 5 nitrogen and oxygen atoms in total. The van der Waals surface area contributed by atoms with Gasteiger partial charge in [0.05, 0.1) is 6.10 Å². The van der Waals surface area contributed by atoms with Gasteiger partial charge in [-0.25, -0.2) is 0 Å². The van der Waals surface area contributed by atoms with Crippen molar-refractivity contribution in [2.24, 2.45) is 4.99 Å². The monoisotopic (exact) mass is 257 g/mol. The van der Waals surface area contributed by atoms with Gasteiger partial charge in [0.1, 0.15) is 0 Å². The van der Waals surface area contributed by atoms with Crippen molar-refractivity contribution in [3.63, 3.8) is 0 Å². The summed E-state index contributed by atoms with van der Waals surface area (Å²) in [6.07, 6.45) is 4.86. The van der Waals surface area contributed by atoms with Gasteiger partial charge in [-0.05, 0) is 32.6 Å². The third-order valence-corrected chi connectivity index (χ3v) is 2.96. The van der Waals surface area contributed by atoms with E-state index in [1.807, 2.05) is 6.92 Å². The first-order valence-corrected chi connectivity index (χ1v) is 7.00. The van der Waals surface area contributed by atoms with Gasteiger partial charge in [0.25, 0.3) is 0 Å². The molecule has 0 saturated carbocycles. The van der Waals surface area contributed by atoms with E-state index in [-0.39, 0.29) is 0 Å². The van der Waals surface area contributed by atoms with Crippen LogP contribution >= 0.6 is 0 Å². The molecule has 1 fully saturated rings. The number of guanidine groups is 1. The topological polar surface area (TPSA) is 54.9 Å². The third kappa shape index (κ3) is 6.81. The van der Waals surface area contributed by atoms with Crippen LogP contribution in [0.2, 0.25) is 0 Å². The summed E-state index contributed by atoms with van der Waals surface area (Å²) in [5.41, 5.74) is 0. The van der Waals surface area contributed by atoms with E-state index >= 15 is 0 Å². The van der Waals surface area contributed by atoms with E-state index in [1.54, 1.807) is 7.05 Å². The zero-order valence-corrected chi connectivity index (χ0v) is 11.7. The van der Waals surface area contributed by atoms with E-state index in [2.05, 4.69) is 15.6 Å². The van der Waals surface area contributed by atoms with Crippen molar-refractivity contribution in [2.45, 2.75) is 38.7 Å². The first kappa shape index (κ1) is 15.2. The highest BCUT2D eigenvalue weighted by molar-refractivity contribution is 5.79. The number of hydrogen-bond donors (Lipinski definition) is 2. The van der Waals surface area contributed by atoms with E-state index in [0.29, 0.717) is 6.10 Å². The van der Waals surface area contributed by atoms with Crippen LogP contribution in [-0.2, 0) is 9.47 Å². The fraction of sp³-hybridized carbons (Fsp3) is 0.923. The van der Waals surface area contributed by atoms with Gasteiger partial charge in [-0.1, -0.05) is 0 Å². The third-order valence-electron chi connectivity index (χ3n) is 2.96. The smallest absolute Gasteiger partial charge is 0.191 e. The first-order chi connectivity index (χ1) is 8.86. The SMILES string of the molecule is CCOCCCCNC(=NC)NCC1CCCO1. The molecule has 1 atom stereocenters. The van der Waals surface area contributed by atoms with Gasteiger partial charge in [0, 0.05) is 40.0 Å². The van der Waals surface area contributed by atoms with Gasteiger partial charge in [-0.2, -0.15) is 0 Å². The number of nitrogens with zero attached hydrogens (tertiary/aromatic N) is 1. The molecule has 0 aromatic heterocycles. The van der Waals surface area contributed by atoms with Crippen LogP contribution in [0.3, 0.4) is 0 Å². The zero-order chi connectivity index (χ0) is 13.1. The molecule has 5 heteroatoms. The van der Waals surface area contributed by atoms with Crippen molar-refractivity contribution in [3.05, 3.63) is 0 Å². The van der Waals surface area contributed by atoms with Crippen molar-refractivity contribution < 1.29 is 9.47 Å². The fourth-order valence-corrected chi connectivity index (χ4v) is 1.92. The Morgan fingerprint density at radius 1 is 1.39 bits per heavy atom. The Labute approximate surface area is 110 Å². The standard InChI is InChI=1S/C13H27N3O2/c1-3-17-9-5-4-8-15-13(14-2)16-11-12-7-6-10-18-12/h12H,3-11H2,1-2H3,(H2,14,15,16). The number of unbranched alkanes of at least 4 members (excludes halogenated alkanes) is 1. The van der Waals surface area contributed by atoms with E-state index in [1.165, 1.54) is 6.42 Å². The molecule has 18 heavy (non-hydrogen) atoms. The quantitative estimate of drug-likeness (QED) is 0.389. The molecule has 1 unspecified atom stereocenters. The number of nitrogens with one attached hydrogen (secondary N) is 2. The lowest BCUT2D eigenvalue weighted by Gasteiger charge is -2.14. The molecule has 1 aliphatic heterocycles. The average Bonchev–Trinajstić information content (AvgIpc) is 2.90. The van der Waals surface area contributed by atoms with Gasteiger partial charge >= 0.3 is 0 Å². The zero-order valence-electron chi connectivity index (χ0n) is 11.7. The summed E-state index contributed by atoms with van der Waals surface area (Å²) in [4.78, 5) is 4.19. The van der Waals surface area contributed by atoms with Crippen molar-refractivity contribution in [1.29, 1.82) is 0 Å². The summed E-state index contributed by atoms with van der Waals surface area (Å²) in [7, 11) is 1.80. The van der Waals surface area contributed by atoms with Crippen LogP contribution in [0, 0.1) is 0 Å². The minimum Gasteiger partial charge on any atom is -0.382 e. The van der Waals surface area contributed by atoms with Crippen LogP contribution in [0.5, 0.6) is 0 Å². The minimum absolute atomic E-state index is 0.349. The fourth-order valence-electron chi connectivity index (χ4n) is 1.92. The van der Waals surface area contributed by atoms with Crippen molar-refractivity contribution in [3.8, 4) is 0 Å². The van der Waals surface area contributed by atoms with Crippen LogP contribution < -0.4 is 10.6 Å². The van der Waals surface area contributed by atoms with Crippen LogP contribution in [0.1, 0.15) is 32.6 Å². The second-order valence-corrected chi connectivity index (χ2v) is 4.42. The predicted molar refractivity (Wildman–Crippen MR) is 74.1 cm³/mol. The molecule has 0 spiro atoms. The summed E-state index contributed by atoms with van der Waals surface area (Å²) in [6.45, 7) is 6.35. The number of aliphatic imine (C=N–C) groups is 1. The molecular weight excluding hydrogens is 230 g/mol. The maximum atomic E-state index is 5.56. The first-order valence-electron chi connectivity index (χ1n) is 7.00. The molecule has 0 aliphatic carbocycles. The molecule has 0 amide bonds. The van der Waals surface area contributed by atoms with E-state index < -0.39 is 0 Å². The average molecular weight is 257 g/mol. The molecule has 2 N–H and O–H groups in total. The Morgan fingerprint density at radius 2 is 2.28 bits per heavy atom. The highest BCUT2D eigenvalue weighted by Gasteiger charge is 2.15. The van der Waals surface area contributed by atoms with Crippen molar-refractivity contribution >= 4 is 5.96 Å². The summed E-state index contributed by atoms with van der Waals surface area (Å²) < 4.78 is 10.8. The van der Waals surface area contributed by atoms with Gasteiger partial charge in [0.2, 0.25) is 0 Å². The Balaban J connectivity index is 1.99. The molecule has 1 heterocycles. The van der Waals surface area contributed by atoms with Crippen molar-refractivity contribution in [2.75, 3.05) is 40.0 Å². The predicted octanol–water partition coefficient (Wildman–Crippen LogP) is 1.15. The summed E-state index contributed by atoms with van der Waals surface area (Å²) in [6, 6.07) is 0. The van der Waals surface area contributed by atoms with E-state index in [0.717, 1.165) is 58.1 Å². The second kappa shape index (κ2) is 10.1. The lowest BCUT2D eigenvalue weighted by Crippen LogP contribution is -2.41. The van der Waals surface area contributed by atoms with E-state index in [4.69, 9.17) is 9.47 Å². The molecule has 0 aromatic rings. The molecule has 106 valence electrons. The second-order valence-electron chi connectivity index (χ2n) is 4.42. The van der Waals surface area contributed by atoms with Gasteiger partial charge in [0.15, 0.2) is 5.96 Å². The number of ether oxygens (including phenoxy) is 2. The normalized spacial score (nSPS) is 20.1. The minimum atomic E-state index is 0.349. The molecule has 1 aliphatic rings. The Kier molecular flexibility index (Phi) is 8.59. The molecule has 0 bridgehead atoms. The largest absolute Gasteiger partial charge is 0.382 e. The van der Waals surface area contributed by atoms with Crippen LogP contribution in [0.15, 0.2) is 4.99 Å². The molecular formula is C13H27N3O2. The molecule has 1 rings (SSSR count). The molecule has 1 saturated heterocycles. The lowest BCUT2D eigenvalue weighted by atomic mass is 10.2. The number of hydrogen-bond acceptors (Lipinski definition) is 3. The number of rotatable bonds is 8. The molecule has 0 radical (unpaired) electrons. The van der Waals surface area contributed by atoms with Crippen LogP contribution in [0.25, 0.3) is 0 Å². The van der Waals surface area contributed by atoms with Crippen LogP contribution in [0.4, 0.5) is 0 Å². The summed E-state index contributed by atoms with van der Waals surface area (Å²) in [5, 5.41) is 6.59. The maximum absolute atomic E-state index is 5.56. The Morgan fingerprint density at radius 3 is 2.94 bits per heavy atom. The highest BCUT2D eigenvalue weighted by Crippen LogP contribution is 2.10. The summed E-state index contributed by atoms with van der Waals surface area (Å²) >= 11 is 0. The Bertz CT molecular complexity index is 228. The summed E-state index contributed by atoms with van der Waals surface area (Å²) in [5.74, 6) is 0.863. The van der Waals surface area contributed by atoms with Crippen LogP contribution in [-0.4, -0.2) is 52.0 Å². The Hall–Kier alpha value is -0.810. The van der Waals surface area contributed by atoms with Gasteiger partial charge in [-0.3, -0.25) is 4.99 Å². The lowest BCUT2D eigenvalue weighted by molar-refractivity contribution is 0.114. The van der Waals surface area contributed by atoms with Crippen molar-refractivity contribution in [1.82, 2.24) is 10.6 Å². The maximum Gasteiger partial charge on any atom is 0.191 e. The van der Waals surface area contributed by atoms with Gasteiger partial charge in [-0.15, -0.1) is 0 Å². The van der Waals surface area contributed by atoms with E-state index in [9.17, 15) is 0 Å². The molecule has 0 aromatic carbocycles.